The summed E-state index contributed by atoms with van der Waals surface area (Å²) in [5, 5.41) is 0. The van der Waals surface area contributed by atoms with E-state index in [4.69, 9.17) is 4.74 Å². The number of carbonyl (C=O) groups is 1. The van der Waals surface area contributed by atoms with Gasteiger partial charge >= 0.3 is 5.97 Å². The summed E-state index contributed by atoms with van der Waals surface area (Å²) in [6.07, 6.45) is 24.3. The van der Waals surface area contributed by atoms with Crippen LogP contribution < -0.4 is 0 Å². The van der Waals surface area contributed by atoms with Crippen LogP contribution in [0.4, 0.5) is 0 Å². The average molecular weight is 355 g/mol. The zero-order valence-corrected chi connectivity index (χ0v) is 18.5. The van der Waals surface area contributed by atoms with Gasteiger partial charge in [0.25, 0.3) is 0 Å². The maximum Gasteiger partial charge on any atom is 0.310 e. The van der Waals surface area contributed by atoms with Crippen LogP contribution in [0.5, 0.6) is 0 Å². The summed E-state index contributed by atoms with van der Waals surface area (Å²) in [7, 11) is 1.13. The van der Waals surface area contributed by atoms with Gasteiger partial charge in [-0.1, -0.05) is 103 Å². The van der Waals surface area contributed by atoms with Gasteiger partial charge in [0.15, 0.2) is 0 Å². The summed E-state index contributed by atoms with van der Waals surface area (Å²) in [5.41, 5.74) is 0. The zero-order chi connectivity index (χ0) is 17.7. The first-order valence-electron chi connectivity index (χ1n) is 10.7. The second kappa shape index (κ2) is 20.5. The van der Waals surface area contributed by atoms with E-state index in [0.717, 1.165) is 29.1 Å². The molecule has 0 atom stereocenters. The molecular weight excluding hydrogens is 312 g/mol. The Bertz CT molecular complexity index is 290. The Balaban J connectivity index is 3.10. The molecule has 0 saturated carbocycles. The molecule has 0 aromatic heterocycles. The summed E-state index contributed by atoms with van der Waals surface area (Å²) in [5.74, 6) is -0.0731. The molecule has 0 heterocycles. The van der Waals surface area contributed by atoms with Crippen molar-refractivity contribution in [3.63, 3.8) is 0 Å². The van der Waals surface area contributed by atoms with Crippen LogP contribution in [0.1, 0.15) is 110 Å². The molecule has 0 rings (SSSR count). The molecule has 0 aromatic rings. The van der Waals surface area contributed by atoms with Gasteiger partial charge in [-0.05, 0) is 12.5 Å². The minimum atomic E-state index is -0.0731. The molecule has 0 aliphatic carbocycles. The first-order valence-corrected chi connectivity index (χ1v) is 12.1. The summed E-state index contributed by atoms with van der Waals surface area (Å²) in [6, 6.07) is 1.05. The molecule has 0 bridgehead atoms. The molecule has 0 aliphatic heterocycles. The van der Waals surface area contributed by atoms with E-state index < -0.39 is 0 Å². The number of rotatable bonds is 18. The lowest BCUT2D eigenvalue weighted by Gasteiger charge is -2.03. The highest BCUT2D eigenvalue weighted by Gasteiger charge is 2.00. The summed E-state index contributed by atoms with van der Waals surface area (Å²) < 4.78 is 5.00. The molecule has 0 radical (unpaired) electrons. The van der Waals surface area contributed by atoms with Gasteiger partial charge in [0.1, 0.15) is 0 Å². The third kappa shape index (κ3) is 19.5. The van der Waals surface area contributed by atoms with Crippen LogP contribution in [0.25, 0.3) is 0 Å². The Labute approximate surface area is 154 Å². The van der Waals surface area contributed by atoms with Crippen LogP contribution >= 0.6 is 0 Å². The minimum absolute atomic E-state index is 0.0731. The Morgan fingerprint density at radius 2 is 1.17 bits per heavy atom. The van der Waals surface area contributed by atoms with Gasteiger partial charge in [-0.15, -0.1) is 0 Å². The molecule has 0 unspecified atom stereocenters. The standard InChI is InChI=1S/C21H42O2Si/c1-2-3-4-5-6-7-8-9-10-11-12-13-14-15-16-18-21(22)23-19-17-20-24/h17,19H,2-16,18,20H2,1,24H3. The number of hydrogen-bond donors (Lipinski definition) is 0. The van der Waals surface area contributed by atoms with Crippen molar-refractivity contribution in [1.29, 1.82) is 0 Å². The third-order valence-electron chi connectivity index (χ3n) is 4.52. The first kappa shape index (κ1) is 23.4. The molecule has 0 aliphatic rings. The van der Waals surface area contributed by atoms with Crippen molar-refractivity contribution in [2.24, 2.45) is 0 Å². The molecule has 3 heteroatoms. The van der Waals surface area contributed by atoms with Crippen LogP contribution in [0, 0.1) is 0 Å². The number of allylic oxidation sites excluding steroid dienone is 1. The van der Waals surface area contributed by atoms with Crippen molar-refractivity contribution in [2.75, 3.05) is 0 Å². The molecule has 142 valence electrons. The molecule has 0 N–H and O–H groups in total. The first-order chi connectivity index (χ1) is 11.8. The van der Waals surface area contributed by atoms with E-state index in [1.165, 1.54) is 83.5 Å². The largest absolute Gasteiger partial charge is 0.435 e. The number of carbonyl (C=O) groups excluding carboxylic acids is 1. The molecule has 0 fully saturated rings. The smallest absolute Gasteiger partial charge is 0.310 e. The fourth-order valence-corrected chi connectivity index (χ4v) is 3.11. The van der Waals surface area contributed by atoms with Gasteiger partial charge in [-0.25, -0.2) is 0 Å². The minimum Gasteiger partial charge on any atom is -0.435 e. The average Bonchev–Trinajstić information content (AvgIpc) is 2.58. The van der Waals surface area contributed by atoms with E-state index in [1.807, 2.05) is 6.08 Å². The molecule has 0 spiro atoms. The van der Waals surface area contributed by atoms with E-state index in [2.05, 4.69) is 6.92 Å². The van der Waals surface area contributed by atoms with Crippen LogP contribution in [0.2, 0.25) is 6.04 Å². The van der Waals surface area contributed by atoms with Gasteiger partial charge in [-0.3, -0.25) is 4.79 Å². The second-order valence-electron chi connectivity index (χ2n) is 6.97. The highest BCUT2D eigenvalue weighted by atomic mass is 28.1. The highest BCUT2D eigenvalue weighted by Crippen LogP contribution is 2.13. The van der Waals surface area contributed by atoms with Crippen LogP contribution in [0.15, 0.2) is 12.3 Å². The van der Waals surface area contributed by atoms with Gasteiger partial charge in [0.05, 0.1) is 6.26 Å². The molecule has 24 heavy (non-hydrogen) atoms. The molecule has 0 saturated heterocycles. The molecule has 0 aromatic carbocycles. The van der Waals surface area contributed by atoms with E-state index >= 15 is 0 Å². The number of ether oxygens (including phenoxy) is 1. The van der Waals surface area contributed by atoms with Gasteiger partial charge in [-0.2, -0.15) is 0 Å². The molecule has 2 nitrogen and oxygen atoms in total. The Hall–Kier alpha value is -0.573. The van der Waals surface area contributed by atoms with Crippen LogP contribution in [-0.2, 0) is 9.53 Å². The zero-order valence-electron chi connectivity index (χ0n) is 16.5. The predicted molar refractivity (Wildman–Crippen MR) is 110 cm³/mol. The fraction of sp³-hybridized carbons (Fsp3) is 0.857. The van der Waals surface area contributed by atoms with Crippen molar-refractivity contribution in [1.82, 2.24) is 0 Å². The normalized spacial score (nSPS) is 11.4. The lowest BCUT2D eigenvalue weighted by atomic mass is 10.0. The van der Waals surface area contributed by atoms with E-state index in [0.29, 0.717) is 6.42 Å². The van der Waals surface area contributed by atoms with Gasteiger partial charge in [0, 0.05) is 16.7 Å². The van der Waals surface area contributed by atoms with Crippen LogP contribution in [-0.4, -0.2) is 16.2 Å². The van der Waals surface area contributed by atoms with Crippen molar-refractivity contribution < 1.29 is 9.53 Å². The number of unbranched alkanes of at least 4 members (excludes halogenated alkanes) is 14. The van der Waals surface area contributed by atoms with Crippen molar-refractivity contribution in [3.8, 4) is 0 Å². The maximum absolute atomic E-state index is 11.4. The predicted octanol–water partition coefficient (Wildman–Crippen LogP) is 6.09. The Kier molecular flexibility index (Phi) is 20.0. The van der Waals surface area contributed by atoms with E-state index in [9.17, 15) is 4.79 Å². The molecular formula is C21H42O2Si. The highest BCUT2D eigenvalue weighted by molar-refractivity contribution is 6.09. The van der Waals surface area contributed by atoms with Gasteiger partial charge in [0.2, 0.25) is 0 Å². The van der Waals surface area contributed by atoms with Crippen LogP contribution in [0.3, 0.4) is 0 Å². The lowest BCUT2D eigenvalue weighted by Crippen LogP contribution is -1.98. The Morgan fingerprint density at radius 3 is 1.58 bits per heavy atom. The topological polar surface area (TPSA) is 26.3 Å². The monoisotopic (exact) mass is 354 g/mol. The second-order valence-corrected chi connectivity index (χ2v) is 7.79. The quantitative estimate of drug-likeness (QED) is 0.129. The number of hydrogen-bond acceptors (Lipinski definition) is 2. The Morgan fingerprint density at radius 1 is 0.750 bits per heavy atom. The van der Waals surface area contributed by atoms with Crippen molar-refractivity contribution in [2.45, 2.75) is 116 Å². The summed E-state index contributed by atoms with van der Waals surface area (Å²) in [4.78, 5) is 11.4. The van der Waals surface area contributed by atoms with Gasteiger partial charge < -0.3 is 4.74 Å². The van der Waals surface area contributed by atoms with E-state index in [-0.39, 0.29) is 5.97 Å². The van der Waals surface area contributed by atoms with E-state index in [1.54, 1.807) is 6.26 Å². The number of esters is 1. The third-order valence-corrected chi connectivity index (χ3v) is 4.99. The van der Waals surface area contributed by atoms with Crippen molar-refractivity contribution in [3.05, 3.63) is 12.3 Å². The summed E-state index contributed by atoms with van der Waals surface area (Å²) in [6.45, 7) is 2.28. The van der Waals surface area contributed by atoms with Crippen molar-refractivity contribution >= 4 is 16.2 Å². The summed E-state index contributed by atoms with van der Waals surface area (Å²) >= 11 is 0. The molecule has 0 amide bonds. The maximum atomic E-state index is 11.4. The fourth-order valence-electron chi connectivity index (χ4n) is 2.92. The lowest BCUT2D eigenvalue weighted by molar-refractivity contribution is -0.138. The SMILES string of the molecule is CCCCCCCCCCCCCCCCCC(=O)OC=CC[SiH3].